The van der Waals surface area contributed by atoms with E-state index in [0.29, 0.717) is 6.54 Å². The molecule has 100 valence electrons. The van der Waals surface area contributed by atoms with Gasteiger partial charge in [0.15, 0.2) is 0 Å². The molecule has 0 unspecified atom stereocenters. The first-order valence-corrected chi connectivity index (χ1v) is 7.21. The molecule has 1 aliphatic rings. The lowest BCUT2D eigenvalue weighted by molar-refractivity contribution is 0.653. The summed E-state index contributed by atoms with van der Waals surface area (Å²) in [6.07, 6.45) is 4.65. The van der Waals surface area contributed by atoms with Crippen molar-refractivity contribution < 1.29 is 0 Å². The molecule has 0 atom stereocenters. The molecule has 0 amide bonds. The molecule has 0 bridgehead atoms. The second kappa shape index (κ2) is 5.26. The Hall–Kier alpha value is -1.47. The molecule has 2 heterocycles. The Bertz CT molecular complexity index is 594. The van der Waals surface area contributed by atoms with Gasteiger partial charge in [-0.05, 0) is 59.0 Å². The van der Waals surface area contributed by atoms with E-state index in [1.807, 2.05) is 7.05 Å². The van der Waals surface area contributed by atoms with E-state index in [1.165, 1.54) is 35.9 Å². The molecular formula is C12H16N6S. The minimum Gasteiger partial charge on any atom is -0.326 e. The Labute approximate surface area is 115 Å². The van der Waals surface area contributed by atoms with E-state index in [2.05, 4.69) is 21.6 Å². The number of hydrogen-bond donors (Lipinski definition) is 1. The van der Waals surface area contributed by atoms with Crippen molar-refractivity contribution in [1.82, 2.24) is 25.2 Å². The molecule has 0 fully saturated rings. The van der Waals surface area contributed by atoms with Crippen LogP contribution < -0.4 is 5.73 Å². The van der Waals surface area contributed by atoms with Crippen molar-refractivity contribution in [3.05, 3.63) is 22.9 Å². The van der Waals surface area contributed by atoms with Crippen LogP contribution in [0.25, 0.3) is 0 Å². The largest absolute Gasteiger partial charge is 0.326 e. The third kappa shape index (κ3) is 2.48. The fourth-order valence-corrected chi connectivity index (χ4v) is 3.14. The zero-order valence-corrected chi connectivity index (χ0v) is 11.7. The molecule has 0 aliphatic heterocycles. The fraction of sp³-hybridized carbons (Fsp3) is 0.500. The van der Waals surface area contributed by atoms with Crippen LogP contribution in [0.1, 0.15) is 29.7 Å². The monoisotopic (exact) mass is 276 g/mol. The summed E-state index contributed by atoms with van der Waals surface area (Å²) in [7, 11) is 1.82. The van der Waals surface area contributed by atoms with E-state index in [0.717, 1.165) is 28.6 Å². The predicted octanol–water partition coefficient (Wildman–Crippen LogP) is 1.09. The molecule has 2 N–H and O–H groups in total. The highest BCUT2D eigenvalue weighted by molar-refractivity contribution is 7.99. The van der Waals surface area contributed by atoms with Crippen LogP contribution in [0.2, 0.25) is 0 Å². The lowest BCUT2D eigenvalue weighted by Crippen LogP contribution is -2.10. The molecule has 19 heavy (non-hydrogen) atoms. The van der Waals surface area contributed by atoms with Crippen LogP contribution in [0.15, 0.2) is 16.2 Å². The quantitative estimate of drug-likeness (QED) is 0.903. The van der Waals surface area contributed by atoms with Gasteiger partial charge in [-0.25, -0.2) is 9.67 Å². The van der Waals surface area contributed by atoms with Gasteiger partial charge in [-0.3, -0.25) is 0 Å². The number of nitrogens with two attached hydrogens (primary N) is 1. The first-order valence-electron chi connectivity index (χ1n) is 6.40. The molecule has 2 aromatic heterocycles. The minimum absolute atomic E-state index is 0.494. The molecule has 0 saturated heterocycles. The van der Waals surface area contributed by atoms with Crippen molar-refractivity contribution >= 4 is 11.8 Å². The molecule has 6 nitrogen and oxygen atoms in total. The maximum atomic E-state index is 5.84. The highest BCUT2D eigenvalue weighted by Crippen LogP contribution is 2.30. The van der Waals surface area contributed by atoms with Crippen molar-refractivity contribution in [1.29, 1.82) is 0 Å². The molecule has 0 saturated carbocycles. The molecule has 2 aromatic rings. The lowest BCUT2D eigenvalue weighted by Gasteiger charge is -2.17. The second-order valence-corrected chi connectivity index (χ2v) is 5.61. The summed E-state index contributed by atoms with van der Waals surface area (Å²) in [5, 5.41) is 13.1. The van der Waals surface area contributed by atoms with E-state index in [4.69, 9.17) is 10.7 Å². The number of aromatic nitrogens is 5. The average Bonchev–Trinajstić information content (AvgIpc) is 2.83. The summed E-state index contributed by atoms with van der Waals surface area (Å²) < 4.78 is 1.64. The van der Waals surface area contributed by atoms with E-state index >= 15 is 0 Å². The molecule has 7 heteroatoms. The van der Waals surface area contributed by atoms with Crippen molar-refractivity contribution in [3.63, 3.8) is 0 Å². The van der Waals surface area contributed by atoms with Crippen LogP contribution in [-0.2, 0) is 26.4 Å². The lowest BCUT2D eigenvalue weighted by atomic mass is 9.95. The highest BCUT2D eigenvalue weighted by Gasteiger charge is 2.16. The van der Waals surface area contributed by atoms with Gasteiger partial charge in [0.2, 0.25) is 5.16 Å². The molecule has 0 aromatic carbocycles. The van der Waals surface area contributed by atoms with Gasteiger partial charge in [0.05, 0.1) is 0 Å². The molecule has 0 radical (unpaired) electrons. The molecule has 1 aliphatic carbocycles. The number of hydrogen-bond acceptors (Lipinski definition) is 6. The minimum atomic E-state index is 0.494. The summed E-state index contributed by atoms with van der Waals surface area (Å²) in [6, 6.07) is 2.20. The number of fused-ring (bicyclic) bond motifs is 1. The van der Waals surface area contributed by atoms with Gasteiger partial charge < -0.3 is 5.73 Å². The molecular weight excluding hydrogens is 260 g/mol. The Morgan fingerprint density at radius 3 is 2.95 bits per heavy atom. The second-order valence-electron chi connectivity index (χ2n) is 4.66. The third-order valence-corrected chi connectivity index (χ3v) is 4.40. The first kappa shape index (κ1) is 12.6. The Balaban J connectivity index is 1.97. The van der Waals surface area contributed by atoms with Crippen molar-refractivity contribution in [2.45, 2.75) is 42.4 Å². The van der Waals surface area contributed by atoms with Gasteiger partial charge in [0, 0.05) is 19.3 Å². The highest BCUT2D eigenvalue weighted by atomic mass is 32.2. The first-order chi connectivity index (χ1) is 9.28. The zero-order chi connectivity index (χ0) is 13.2. The van der Waals surface area contributed by atoms with Gasteiger partial charge in [-0.1, -0.05) is 6.07 Å². The summed E-state index contributed by atoms with van der Waals surface area (Å²) in [4.78, 5) is 4.77. The number of nitrogens with zero attached hydrogens (tertiary/aromatic N) is 5. The van der Waals surface area contributed by atoms with Gasteiger partial charge in [-0.15, -0.1) is 5.10 Å². The van der Waals surface area contributed by atoms with E-state index < -0.39 is 0 Å². The zero-order valence-electron chi connectivity index (χ0n) is 10.8. The molecule has 3 rings (SSSR count). The van der Waals surface area contributed by atoms with E-state index in [9.17, 15) is 0 Å². The van der Waals surface area contributed by atoms with Crippen LogP contribution in [-0.4, -0.2) is 25.2 Å². The Morgan fingerprint density at radius 1 is 1.37 bits per heavy atom. The maximum Gasteiger partial charge on any atom is 0.215 e. The van der Waals surface area contributed by atoms with Gasteiger partial charge in [0.1, 0.15) is 5.03 Å². The number of rotatable bonds is 3. The fourth-order valence-electron chi connectivity index (χ4n) is 2.29. The average molecular weight is 276 g/mol. The topological polar surface area (TPSA) is 82.5 Å². The smallest absolute Gasteiger partial charge is 0.215 e. The van der Waals surface area contributed by atoms with Crippen molar-refractivity contribution in [2.24, 2.45) is 12.8 Å². The van der Waals surface area contributed by atoms with Gasteiger partial charge in [0.25, 0.3) is 0 Å². The maximum absolute atomic E-state index is 5.84. The van der Waals surface area contributed by atoms with Crippen molar-refractivity contribution in [3.8, 4) is 0 Å². The van der Waals surface area contributed by atoms with Crippen LogP contribution in [0, 0.1) is 0 Å². The number of tetrazole rings is 1. The third-order valence-electron chi connectivity index (χ3n) is 3.33. The number of pyridine rings is 1. The summed E-state index contributed by atoms with van der Waals surface area (Å²) >= 11 is 1.48. The predicted molar refractivity (Wildman–Crippen MR) is 71.7 cm³/mol. The van der Waals surface area contributed by atoms with Crippen LogP contribution in [0.4, 0.5) is 0 Å². The molecule has 0 spiro atoms. The SMILES string of the molecule is Cn1nnnc1Sc1nc2c(cc1CN)CCCC2. The standard InChI is InChI=1S/C12H16N6S/c1-18-12(15-16-17-18)19-11-9(7-13)6-8-4-2-3-5-10(8)14-11/h6H,2-5,7,13H2,1H3. The van der Waals surface area contributed by atoms with Crippen LogP contribution >= 0.6 is 11.8 Å². The summed E-state index contributed by atoms with van der Waals surface area (Å²) in [5.41, 5.74) is 9.48. The Morgan fingerprint density at radius 2 is 2.21 bits per heavy atom. The van der Waals surface area contributed by atoms with Crippen LogP contribution in [0.5, 0.6) is 0 Å². The summed E-state index contributed by atoms with van der Waals surface area (Å²) in [5.74, 6) is 0. The van der Waals surface area contributed by atoms with E-state index in [1.54, 1.807) is 4.68 Å². The van der Waals surface area contributed by atoms with Gasteiger partial charge in [-0.2, -0.15) is 0 Å². The van der Waals surface area contributed by atoms with E-state index in [-0.39, 0.29) is 0 Å². The normalized spacial score (nSPS) is 14.4. The number of aryl methyl sites for hydroxylation is 3. The Kier molecular flexibility index (Phi) is 3.48. The van der Waals surface area contributed by atoms with Crippen LogP contribution in [0.3, 0.4) is 0 Å². The van der Waals surface area contributed by atoms with Gasteiger partial charge >= 0.3 is 0 Å². The summed E-state index contributed by atoms with van der Waals surface area (Å²) in [6.45, 7) is 0.494. The van der Waals surface area contributed by atoms with Crippen molar-refractivity contribution in [2.75, 3.05) is 0 Å².